The van der Waals surface area contributed by atoms with Crippen molar-refractivity contribution in [2.24, 2.45) is 0 Å². The van der Waals surface area contributed by atoms with E-state index in [0.717, 1.165) is 25.9 Å². The number of amides is 2. The fraction of sp³-hybridized carbons (Fsp3) is 0.474. The molecule has 2 aromatic rings. The molecule has 9 heteroatoms. The van der Waals surface area contributed by atoms with Crippen molar-refractivity contribution in [3.63, 3.8) is 0 Å². The molecule has 28 heavy (non-hydrogen) atoms. The SMILES string of the molecule is O=C(NC1CCN(C(=O)c2ccoc2)CC1)c1nc(N2CCCC2)ncc1Cl. The van der Waals surface area contributed by atoms with Gasteiger partial charge in [0.05, 0.1) is 23.0 Å². The van der Waals surface area contributed by atoms with Crippen molar-refractivity contribution in [1.82, 2.24) is 20.2 Å². The van der Waals surface area contributed by atoms with Gasteiger partial charge in [0.15, 0.2) is 5.69 Å². The fourth-order valence-electron chi connectivity index (χ4n) is 3.64. The first-order chi connectivity index (χ1) is 13.6. The summed E-state index contributed by atoms with van der Waals surface area (Å²) < 4.78 is 4.97. The summed E-state index contributed by atoms with van der Waals surface area (Å²) >= 11 is 6.17. The monoisotopic (exact) mass is 403 g/mol. The molecule has 0 aromatic carbocycles. The Morgan fingerprint density at radius 3 is 2.61 bits per heavy atom. The number of hydrogen-bond acceptors (Lipinski definition) is 6. The molecule has 2 saturated heterocycles. The van der Waals surface area contributed by atoms with E-state index < -0.39 is 0 Å². The summed E-state index contributed by atoms with van der Waals surface area (Å²) in [5, 5.41) is 3.24. The number of piperidine rings is 1. The molecule has 0 bridgehead atoms. The molecule has 4 heterocycles. The first-order valence-electron chi connectivity index (χ1n) is 9.51. The van der Waals surface area contributed by atoms with Gasteiger partial charge in [0.25, 0.3) is 11.8 Å². The van der Waals surface area contributed by atoms with Gasteiger partial charge in [-0.3, -0.25) is 9.59 Å². The lowest BCUT2D eigenvalue weighted by molar-refractivity contribution is 0.0697. The number of nitrogens with zero attached hydrogens (tertiary/aromatic N) is 4. The highest BCUT2D eigenvalue weighted by molar-refractivity contribution is 6.33. The van der Waals surface area contributed by atoms with Gasteiger partial charge in [-0.2, -0.15) is 0 Å². The van der Waals surface area contributed by atoms with Crippen molar-refractivity contribution >= 4 is 29.4 Å². The van der Waals surface area contributed by atoms with E-state index in [4.69, 9.17) is 16.0 Å². The number of carbonyl (C=O) groups is 2. The van der Waals surface area contributed by atoms with Gasteiger partial charge in [-0.05, 0) is 31.7 Å². The van der Waals surface area contributed by atoms with Crippen molar-refractivity contribution in [2.75, 3.05) is 31.1 Å². The van der Waals surface area contributed by atoms with Crippen LogP contribution in [0.2, 0.25) is 5.02 Å². The average molecular weight is 404 g/mol. The Labute approximate surface area is 167 Å². The van der Waals surface area contributed by atoms with Crippen LogP contribution in [0.25, 0.3) is 0 Å². The summed E-state index contributed by atoms with van der Waals surface area (Å²) in [6.07, 6.45) is 7.98. The van der Waals surface area contributed by atoms with Crippen LogP contribution >= 0.6 is 11.6 Å². The Hall–Kier alpha value is -2.61. The number of furan rings is 1. The minimum Gasteiger partial charge on any atom is -0.472 e. The van der Waals surface area contributed by atoms with E-state index in [1.165, 1.54) is 18.7 Å². The molecule has 2 aromatic heterocycles. The minimum atomic E-state index is -0.299. The largest absolute Gasteiger partial charge is 0.472 e. The molecule has 4 rings (SSSR count). The minimum absolute atomic E-state index is 0.0258. The maximum atomic E-state index is 12.7. The molecule has 2 amide bonds. The first-order valence-corrected chi connectivity index (χ1v) is 9.89. The Kier molecular flexibility index (Phi) is 5.47. The number of carbonyl (C=O) groups excluding carboxylic acids is 2. The van der Waals surface area contributed by atoms with Crippen LogP contribution < -0.4 is 10.2 Å². The maximum Gasteiger partial charge on any atom is 0.271 e. The number of hydrogen-bond donors (Lipinski definition) is 1. The molecule has 1 N–H and O–H groups in total. The molecule has 2 aliphatic rings. The van der Waals surface area contributed by atoms with Crippen LogP contribution in [-0.4, -0.2) is 58.9 Å². The second-order valence-electron chi connectivity index (χ2n) is 7.11. The van der Waals surface area contributed by atoms with Crippen LogP contribution in [0.5, 0.6) is 0 Å². The van der Waals surface area contributed by atoms with Gasteiger partial charge in [-0.1, -0.05) is 11.6 Å². The molecular formula is C19H22ClN5O3. The zero-order valence-corrected chi connectivity index (χ0v) is 16.2. The van der Waals surface area contributed by atoms with Crippen LogP contribution in [0, 0.1) is 0 Å². The van der Waals surface area contributed by atoms with Crippen LogP contribution in [0.15, 0.2) is 29.2 Å². The van der Waals surface area contributed by atoms with E-state index in [-0.39, 0.29) is 28.6 Å². The number of aromatic nitrogens is 2. The number of anilines is 1. The lowest BCUT2D eigenvalue weighted by Gasteiger charge is -2.32. The quantitative estimate of drug-likeness (QED) is 0.842. The zero-order valence-electron chi connectivity index (χ0n) is 15.4. The third kappa shape index (κ3) is 3.96. The molecule has 0 spiro atoms. The van der Waals surface area contributed by atoms with Crippen molar-refractivity contribution < 1.29 is 14.0 Å². The lowest BCUT2D eigenvalue weighted by atomic mass is 10.0. The predicted molar refractivity (Wildman–Crippen MR) is 104 cm³/mol. The summed E-state index contributed by atoms with van der Waals surface area (Å²) in [6.45, 7) is 2.94. The van der Waals surface area contributed by atoms with E-state index in [0.29, 0.717) is 37.4 Å². The van der Waals surface area contributed by atoms with Gasteiger partial charge in [0.2, 0.25) is 5.95 Å². The van der Waals surface area contributed by atoms with Crippen molar-refractivity contribution in [3.8, 4) is 0 Å². The van der Waals surface area contributed by atoms with E-state index in [9.17, 15) is 9.59 Å². The summed E-state index contributed by atoms with van der Waals surface area (Å²) in [6, 6.07) is 1.63. The second kappa shape index (κ2) is 8.18. The molecule has 0 radical (unpaired) electrons. The normalized spacial score (nSPS) is 17.8. The van der Waals surface area contributed by atoms with Crippen molar-refractivity contribution in [2.45, 2.75) is 31.7 Å². The zero-order chi connectivity index (χ0) is 19.5. The van der Waals surface area contributed by atoms with Gasteiger partial charge in [-0.25, -0.2) is 9.97 Å². The van der Waals surface area contributed by atoms with Crippen LogP contribution in [0.4, 0.5) is 5.95 Å². The topological polar surface area (TPSA) is 91.6 Å². The van der Waals surface area contributed by atoms with E-state index in [2.05, 4.69) is 20.2 Å². The molecule has 0 aliphatic carbocycles. The van der Waals surface area contributed by atoms with Gasteiger partial charge in [0.1, 0.15) is 6.26 Å². The lowest BCUT2D eigenvalue weighted by Crippen LogP contribution is -2.46. The van der Waals surface area contributed by atoms with Crippen LogP contribution in [0.3, 0.4) is 0 Å². The maximum absolute atomic E-state index is 12.7. The third-order valence-corrected chi connectivity index (χ3v) is 5.50. The highest BCUT2D eigenvalue weighted by Crippen LogP contribution is 2.21. The van der Waals surface area contributed by atoms with Gasteiger partial charge >= 0.3 is 0 Å². The Morgan fingerprint density at radius 2 is 1.93 bits per heavy atom. The van der Waals surface area contributed by atoms with Crippen LogP contribution in [-0.2, 0) is 0 Å². The highest BCUT2D eigenvalue weighted by atomic mass is 35.5. The molecule has 148 valence electrons. The summed E-state index contributed by atoms with van der Waals surface area (Å²) in [4.78, 5) is 37.5. The van der Waals surface area contributed by atoms with Crippen molar-refractivity contribution in [3.05, 3.63) is 41.1 Å². The molecule has 0 saturated carbocycles. The molecular weight excluding hydrogens is 382 g/mol. The van der Waals surface area contributed by atoms with Crippen molar-refractivity contribution in [1.29, 1.82) is 0 Å². The molecule has 2 fully saturated rings. The first kappa shape index (κ1) is 18.7. The summed E-state index contributed by atoms with van der Waals surface area (Å²) in [7, 11) is 0. The number of nitrogens with one attached hydrogen (secondary N) is 1. The smallest absolute Gasteiger partial charge is 0.271 e. The fourth-order valence-corrected chi connectivity index (χ4v) is 3.81. The Bertz CT molecular complexity index is 843. The van der Waals surface area contributed by atoms with Gasteiger partial charge in [-0.15, -0.1) is 0 Å². The predicted octanol–water partition coefficient (Wildman–Crippen LogP) is 2.36. The summed E-state index contributed by atoms with van der Waals surface area (Å²) in [5.41, 5.74) is 0.750. The van der Waals surface area contributed by atoms with E-state index in [1.54, 1.807) is 11.0 Å². The Balaban J connectivity index is 1.36. The van der Waals surface area contributed by atoms with Crippen LogP contribution in [0.1, 0.15) is 46.5 Å². The standard InChI is InChI=1S/C19H22ClN5O3/c20-15-11-21-19(25-6-1-2-7-25)23-16(15)17(26)22-14-3-8-24(9-4-14)18(27)13-5-10-28-12-13/h5,10-12,14H,1-4,6-9H2,(H,22,26). The molecule has 8 nitrogen and oxygen atoms in total. The summed E-state index contributed by atoms with van der Waals surface area (Å²) in [5.74, 6) is 0.202. The molecule has 0 atom stereocenters. The number of rotatable bonds is 4. The second-order valence-corrected chi connectivity index (χ2v) is 7.52. The van der Waals surface area contributed by atoms with Gasteiger partial charge < -0.3 is 19.5 Å². The van der Waals surface area contributed by atoms with Gasteiger partial charge in [0, 0.05) is 32.2 Å². The van der Waals surface area contributed by atoms with E-state index in [1.807, 2.05) is 0 Å². The molecule has 0 unspecified atom stereocenters. The highest BCUT2D eigenvalue weighted by Gasteiger charge is 2.27. The average Bonchev–Trinajstić information content (AvgIpc) is 3.42. The Morgan fingerprint density at radius 1 is 1.18 bits per heavy atom. The van der Waals surface area contributed by atoms with E-state index >= 15 is 0 Å². The molecule has 2 aliphatic heterocycles. The third-order valence-electron chi connectivity index (χ3n) is 5.22. The number of likely N-dealkylation sites (tertiary alicyclic amines) is 1. The number of halogens is 1.